The summed E-state index contributed by atoms with van der Waals surface area (Å²) in [5.74, 6) is 0. The molecule has 0 aliphatic carbocycles. The zero-order chi connectivity index (χ0) is 19.6. The standard InChI is InChI=1S/C24H41Si2/c1-8-9-10-11-12-13-17-20-22(25-21-18-15-14-16-19-21)26(23(2,3)4)24(5,6)7/h14-16,18-20H,8-13,17H2,1-7H3/b22-20-. The molecule has 0 saturated heterocycles. The van der Waals surface area contributed by atoms with Gasteiger partial charge in [0.05, 0.1) is 8.80 Å². The molecule has 1 aromatic carbocycles. The Kier molecular flexibility index (Phi) is 10.2. The van der Waals surface area contributed by atoms with Crippen LogP contribution in [0, 0.1) is 0 Å². The third-order valence-electron chi connectivity index (χ3n) is 4.73. The van der Waals surface area contributed by atoms with E-state index in [1.807, 2.05) is 0 Å². The van der Waals surface area contributed by atoms with Crippen molar-refractivity contribution in [3.63, 3.8) is 0 Å². The Morgan fingerprint density at radius 3 is 1.92 bits per heavy atom. The van der Waals surface area contributed by atoms with Crippen molar-refractivity contribution in [3.05, 3.63) is 41.2 Å². The van der Waals surface area contributed by atoms with Crippen LogP contribution in [0.5, 0.6) is 0 Å². The molecule has 0 fully saturated rings. The van der Waals surface area contributed by atoms with Crippen LogP contribution in [0.3, 0.4) is 0 Å². The van der Waals surface area contributed by atoms with Gasteiger partial charge in [-0.2, -0.15) is 0 Å². The molecule has 3 radical (unpaired) electrons. The molecule has 0 saturated carbocycles. The first kappa shape index (κ1) is 23.4. The van der Waals surface area contributed by atoms with E-state index in [0.29, 0.717) is 10.1 Å². The van der Waals surface area contributed by atoms with Crippen molar-refractivity contribution in [2.75, 3.05) is 0 Å². The van der Waals surface area contributed by atoms with Crippen LogP contribution in [0.25, 0.3) is 0 Å². The van der Waals surface area contributed by atoms with Crippen LogP contribution in [-0.2, 0) is 0 Å². The summed E-state index contributed by atoms with van der Waals surface area (Å²) in [6.45, 7) is 17.0. The molecule has 0 spiro atoms. The maximum absolute atomic E-state index is 2.65. The van der Waals surface area contributed by atoms with Gasteiger partial charge < -0.3 is 0 Å². The predicted octanol–water partition coefficient (Wildman–Crippen LogP) is 7.28. The van der Waals surface area contributed by atoms with E-state index >= 15 is 0 Å². The lowest BCUT2D eigenvalue weighted by molar-refractivity contribution is 0.611. The molecule has 26 heavy (non-hydrogen) atoms. The largest absolute Gasteiger partial charge is 0.110 e. The third kappa shape index (κ3) is 8.86. The Morgan fingerprint density at radius 2 is 1.38 bits per heavy atom. The molecule has 145 valence electrons. The molecule has 2 heteroatoms. The zero-order valence-corrected chi connectivity index (χ0v) is 20.4. The smallest absolute Gasteiger partial charge is 0.0933 e. The average Bonchev–Trinajstić information content (AvgIpc) is 2.52. The Morgan fingerprint density at radius 1 is 0.846 bits per heavy atom. The Bertz CT molecular complexity index is 503. The van der Waals surface area contributed by atoms with E-state index in [1.54, 1.807) is 4.82 Å². The summed E-state index contributed by atoms with van der Waals surface area (Å²) in [4.78, 5) is 1.77. The monoisotopic (exact) mass is 385 g/mol. The van der Waals surface area contributed by atoms with Crippen LogP contribution < -0.4 is 5.19 Å². The normalized spacial score (nSPS) is 13.5. The lowest BCUT2D eigenvalue weighted by Crippen LogP contribution is -2.41. The van der Waals surface area contributed by atoms with Gasteiger partial charge in [0, 0.05) is 0 Å². The van der Waals surface area contributed by atoms with E-state index in [2.05, 4.69) is 84.9 Å². The molecular formula is C24H41Si2. The first-order chi connectivity index (χ1) is 12.2. The summed E-state index contributed by atoms with van der Waals surface area (Å²) in [5.41, 5.74) is 0. The fraction of sp³-hybridized carbons (Fsp3) is 0.667. The fourth-order valence-corrected chi connectivity index (χ4v) is 12.3. The number of hydrogen-bond donors (Lipinski definition) is 0. The first-order valence-corrected chi connectivity index (χ1v) is 13.1. The molecule has 1 rings (SSSR count). The molecule has 0 amide bonds. The quantitative estimate of drug-likeness (QED) is 0.293. The number of unbranched alkanes of at least 4 members (excludes halogenated alkanes) is 6. The van der Waals surface area contributed by atoms with Gasteiger partial charge in [0.15, 0.2) is 0 Å². The van der Waals surface area contributed by atoms with E-state index in [4.69, 9.17) is 0 Å². The summed E-state index contributed by atoms with van der Waals surface area (Å²) in [7, 11) is 0.202. The van der Waals surface area contributed by atoms with Crippen molar-refractivity contribution < 1.29 is 0 Å². The highest BCUT2D eigenvalue weighted by Crippen LogP contribution is 2.45. The fourth-order valence-electron chi connectivity index (χ4n) is 4.00. The van der Waals surface area contributed by atoms with E-state index in [0.717, 1.165) is 9.52 Å². The molecule has 0 aliphatic rings. The van der Waals surface area contributed by atoms with Gasteiger partial charge in [-0.25, -0.2) is 0 Å². The third-order valence-corrected chi connectivity index (χ3v) is 10.7. The van der Waals surface area contributed by atoms with Crippen molar-refractivity contribution in [1.82, 2.24) is 0 Å². The number of allylic oxidation sites excluding steroid dienone is 1. The number of hydrogen-bond acceptors (Lipinski definition) is 0. The van der Waals surface area contributed by atoms with Crippen molar-refractivity contribution in [2.45, 2.75) is 103 Å². The summed E-state index contributed by atoms with van der Waals surface area (Å²) in [6, 6.07) is 11.1. The topological polar surface area (TPSA) is 0 Å². The molecule has 0 aliphatic heterocycles. The molecule has 0 bridgehead atoms. The molecule has 0 nitrogen and oxygen atoms in total. The Balaban J connectivity index is 2.88. The van der Waals surface area contributed by atoms with Crippen LogP contribution in [0.1, 0.15) is 93.4 Å². The van der Waals surface area contributed by atoms with Gasteiger partial charge in [0.2, 0.25) is 0 Å². The van der Waals surface area contributed by atoms with Crippen LogP contribution in [0.2, 0.25) is 10.1 Å². The highest BCUT2D eigenvalue weighted by atomic mass is 28.3. The minimum Gasteiger partial charge on any atom is -0.0933 e. The second kappa shape index (κ2) is 11.3. The molecule has 0 heterocycles. The van der Waals surface area contributed by atoms with Crippen LogP contribution >= 0.6 is 0 Å². The molecule has 0 aromatic heterocycles. The molecule has 1 aromatic rings. The SMILES string of the molecule is CCCCCCCC/C=C(/[Si]c1ccccc1)[Si](C(C)(C)C)C(C)(C)C. The van der Waals surface area contributed by atoms with Gasteiger partial charge in [0.1, 0.15) is 9.52 Å². The van der Waals surface area contributed by atoms with Gasteiger partial charge in [-0.1, -0.05) is 127 Å². The van der Waals surface area contributed by atoms with E-state index < -0.39 is 8.80 Å². The van der Waals surface area contributed by atoms with E-state index in [1.165, 1.54) is 50.1 Å². The summed E-state index contributed by atoms with van der Waals surface area (Å²) >= 11 is 0. The van der Waals surface area contributed by atoms with E-state index in [9.17, 15) is 0 Å². The minimum absolute atomic E-state index is 0.387. The number of benzene rings is 1. The van der Waals surface area contributed by atoms with Crippen molar-refractivity contribution in [3.8, 4) is 0 Å². The zero-order valence-electron chi connectivity index (χ0n) is 18.4. The highest BCUT2D eigenvalue weighted by molar-refractivity contribution is 6.88. The lowest BCUT2D eigenvalue weighted by Gasteiger charge is -2.41. The molecular weight excluding hydrogens is 344 g/mol. The highest BCUT2D eigenvalue weighted by Gasteiger charge is 2.39. The first-order valence-electron chi connectivity index (χ1n) is 10.6. The van der Waals surface area contributed by atoms with Gasteiger partial charge in [-0.05, 0) is 22.9 Å². The minimum atomic E-state index is -0.639. The average molecular weight is 386 g/mol. The summed E-state index contributed by atoms with van der Waals surface area (Å²) < 4.78 is 0. The second-order valence-electron chi connectivity index (χ2n) is 9.54. The van der Waals surface area contributed by atoms with Gasteiger partial charge in [0.25, 0.3) is 0 Å². The van der Waals surface area contributed by atoms with Crippen LogP contribution in [0.4, 0.5) is 0 Å². The van der Waals surface area contributed by atoms with Crippen molar-refractivity contribution in [1.29, 1.82) is 0 Å². The molecule has 0 N–H and O–H groups in total. The molecule has 0 atom stereocenters. The van der Waals surface area contributed by atoms with Gasteiger partial charge in [-0.15, -0.1) is 0 Å². The maximum atomic E-state index is 2.65. The Labute approximate surface area is 168 Å². The van der Waals surface area contributed by atoms with Crippen LogP contribution in [0.15, 0.2) is 41.2 Å². The van der Waals surface area contributed by atoms with Crippen LogP contribution in [-0.4, -0.2) is 18.3 Å². The maximum Gasteiger partial charge on any atom is 0.110 e. The van der Waals surface area contributed by atoms with Crippen molar-refractivity contribution >= 4 is 23.5 Å². The van der Waals surface area contributed by atoms with Crippen molar-refractivity contribution in [2.24, 2.45) is 0 Å². The van der Waals surface area contributed by atoms with E-state index in [-0.39, 0.29) is 0 Å². The number of rotatable bonds is 10. The Hall–Kier alpha value is -0.606. The lowest BCUT2D eigenvalue weighted by atomic mass is 10.1. The predicted molar refractivity (Wildman–Crippen MR) is 123 cm³/mol. The summed E-state index contributed by atoms with van der Waals surface area (Å²) in [6.07, 6.45) is 12.2. The summed E-state index contributed by atoms with van der Waals surface area (Å²) in [5, 5.41) is 2.27. The second-order valence-corrected chi connectivity index (χ2v) is 15.7. The molecule has 0 unspecified atom stereocenters. The van der Waals surface area contributed by atoms with Gasteiger partial charge in [-0.3, -0.25) is 0 Å². The van der Waals surface area contributed by atoms with Gasteiger partial charge >= 0.3 is 0 Å².